The molecular formula is C8H9F3N3O. The molecule has 0 aliphatic rings. The van der Waals surface area contributed by atoms with Crippen LogP contribution in [0.25, 0.3) is 0 Å². The summed E-state index contributed by atoms with van der Waals surface area (Å²) in [6.45, 7) is 0. The lowest BCUT2D eigenvalue weighted by molar-refractivity contribution is -0.141. The SMILES string of the molecule is CN(C)C(=O)Cc1[c]c(C(F)(F)F)n[nH]1. The number of nitrogens with zero attached hydrogens (tertiary/aromatic N) is 2. The zero-order valence-corrected chi connectivity index (χ0v) is 8.14. The Morgan fingerprint density at radius 2 is 2.13 bits per heavy atom. The number of amides is 1. The van der Waals surface area contributed by atoms with Crippen molar-refractivity contribution in [2.45, 2.75) is 12.6 Å². The molecule has 0 spiro atoms. The van der Waals surface area contributed by atoms with Gasteiger partial charge in [-0.05, 0) is 0 Å². The highest BCUT2D eigenvalue weighted by Crippen LogP contribution is 2.27. The Hall–Kier alpha value is -1.53. The monoisotopic (exact) mass is 220 g/mol. The molecule has 1 aromatic heterocycles. The Morgan fingerprint density at radius 1 is 1.53 bits per heavy atom. The van der Waals surface area contributed by atoms with Crippen molar-refractivity contribution in [2.24, 2.45) is 0 Å². The predicted molar refractivity (Wildman–Crippen MR) is 44.8 cm³/mol. The maximum atomic E-state index is 12.1. The first-order valence-corrected chi connectivity index (χ1v) is 4.04. The molecule has 0 atom stereocenters. The number of carbonyl (C=O) groups excluding carboxylic acids is 1. The highest BCUT2D eigenvalue weighted by Gasteiger charge is 2.34. The number of hydrogen-bond acceptors (Lipinski definition) is 2. The van der Waals surface area contributed by atoms with E-state index < -0.39 is 11.9 Å². The molecule has 7 heteroatoms. The molecular weight excluding hydrogens is 211 g/mol. The molecule has 0 saturated carbocycles. The highest BCUT2D eigenvalue weighted by molar-refractivity contribution is 5.77. The molecule has 0 aliphatic heterocycles. The lowest BCUT2D eigenvalue weighted by atomic mass is 10.2. The normalized spacial score (nSPS) is 11.5. The molecule has 0 fully saturated rings. The zero-order valence-electron chi connectivity index (χ0n) is 8.14. The van der Waals surface area contributed by atoms with Crippen LogP contribution in [0.2, 0.25) is 0 Å². The van der Waals surface area contributed by atoms with Crippen LogP contribution in [0.15, 0.2) is 0 Å². The van der Waals surface area contributed by atoms with Crippen LogP contribution >= 0.6 is 0 Å². The summed E-state index contributed by atoms with van der Waals surface area (Å²) in [5, 5.41) is 5.15. The van der Waals surface area contributed by atoms with E-state index in [9.17, 15) is 18.0 Å². The summed E-state index contributed by atoms with van der Waals surface area (Å²) in [4.78, 5) is 12.4. The summed E-state index contributed by atoms with van der Waals surface area (Å²) >= 11 is 0. The Kier molecular flexibility index (Phi) is 3.01. The van der Waals surface area contributed by atoms with Gasteiger partial charge in [-0.2, -0.15) is 18.3 Å². The molecule has 1 heterocycles. The summed E-state index contributed by atoms with van der Waals surface area (Å²) in [5.41, 5.74) is -1.11. The first-order valence-electron chi connectivity index (χ1n) is 4.04. The van der Waals surface area contributed by atoms with E-state index in [1.165, 1.54) is 19.0 Å². The highest BCUT2D eigenvalue weighted by atomic mass is 19.4. The molecule has 0 aliphatic carbocycles. The molecule has 1 N–H and O–H groups in total. The summed E-state index contributed by atoms with van der Waals surface area (Å²) < 4.78 is 36.3. The van der Waals surface area contributed by atoms with E-state index in [4.69, 9.17) is 0 Å². The standard InChI is InChI=1S/C8H9F3N3O/c1-14(2)7(15)4-5-3-6(13-12-5)8(9,10)11/h4H2,1-2H3,(H,12,13). The minimum atomic E-state index is -4.53. The number of nitrogens with one attached hydrogen (secondary N) is 1. The minimum Gasteiger partial charge on any atom is -0.348 e. The van der Waals surface area contributed by atoms with Gasteiger partial charge in [0.05, 0.1) is 12.1 Å². The Bertz CT molecular complexity index is 356. The molecule has 1 amide bonds. The molecule has 0 aromatic carbocycles. The maximum Gasteiger partial charge on any atom is 0.435 e. The fourth-order valence-corrected chi connectivity index (χ4v) is 0.850. The van der Waals surface area contributed by atoms with Crippen LogP contribution in [0.4, 0.5) is 13.2 Å². The van der Waals surface area contributed by atoms with Gasteiger partial charge in [0.1, 0.15) is 0 Å². The molecule has 4 nitrogen and oxygen atoms in total. The first-order chi connectivity index (χ1) is 6.80. The second-order valence-corrected chi connectivity index (χ2v) is 3.14. The third-order valence-electron chi connectivity index (χ3n) is 1.67. The zero-order chi connectivity index (χ0) is 11.6. The van der Waals surface area contributed by atoms with Crippen LogP contribution < -0.4 is 0 Å². The summed E-state index contributed by atoms with van der Waals surface area (Å²) in [5.74, 6) is -0.316. The van der Waals surface area contributed by atoms with Gasteiger partial charge in [0.15, 0.2) is 5.69 Å². The molecule has 1 radical (unpaired) electrons. The van der Waals surface area contributed by atoms with E-state index in [0.717, 1.165) is 0 Å². The van der Waals surface area contributed by atoms with Crippen LogP contribution in [0.3, 0.4) is 0 Å². The fourth-order valence-electron chi connectivity index (χ4n) is 0.850. The fraction of sp³-hybridized carbons (Fsp3) is 0.500. The largest absolute Gasteiger partial charge is 0.435 e. The van der Waals surface area contributed by atoms with Gasteiger partial charge in [0.25, 0.3) is 0 Å². The number of aromatic amines is 1. The van der Waals surface area contributed by atoms with Crippen LogP contribution in [-0.4, -0.2) is 35.1 Å². The van der Waals surface area contributed by atoms with Gasteiger partial charge in [-0.1, -0.05) is 0 Å². The van der Waals surface area contributed by atoms with Gasteiger partial charge in [-0.3, -0.25) is 9.89 Å². The third kappa shape index (κ3) is 2.97. The van der Waals surface area contributed by atoms with Crippen molar-refractivity contribution in [3.05, 3.63) is 17.5 Å². The van der Waals surface area contributed by atoms with E-state index in [2.05, 4.69) is 10.2 Å². The summed E-state index contributed by atoms with van der Waals surface area (Å²) in [6.07, 6.45) is -4.70. The van der Waals surface area contributed by atoms with Crippen LogP contribution in [0, 0.1) is 6.07 Å². The van der Waals surface area contributed by atoms with Crippen molar-refractivity contribution in [3.63, 3.8) is 0 Å². The number of hydrogen-bond donors (Lipinski definition) is 1. The van der Waals surface area contributed by atoms with Crippen molar-refractivity contribution in [2.75, 3.05) is 14.1 Å². The Balaban J connectivity index is 2.73. The second-order valence-electron chi connectivity index (χ2n) is 3.14. The average molecular weight is 220 g/mol. The van der Waals surface area contributed by atoms with Gasteiger partial charge < -0.3 is 4.90 Å². The lowest BCUT2D eigenvalue weighted by Gasteiger charge is -2.07. The average Bonchev–Trinajstić information content (AvgIpc) is 2.51. The molecule has 1 aromatic rings. The number of alkyl halides is 3. The number of carbonyl (C=O) groups is 1. The number of aromatic nitrogens is 2. The van der Waals surface area contributed by atoms with Crippen molar-refractivity contribution in [3.8, 4) is 0 Å². The smallest absolute Gasteiger partial charge is 0.348 e. The number of likely N-dealkylation sites (N-methyl/N-ethyl adjacent to an activating group) is 1. The van der Waals surface area contributed by atoms with E-state index >= 15 is 0 Å². The first kappa shape index (κ1) is 11.5. The number of H-pyrrole nitrogens is 1. The van der Waals surface area contributed by atoms with Crippen LogP contribution in [0.5, 0.6) is 0 Å². The maximum absolute atomic E-state index is 12.1. The Morgan fingerprint density at radius 3 is 2.53 bits per heavy atom. The molecule has 83 valence electrons. The molecule has 15 heavy (non-hydrogen) atoms. The quantitative estimate of drug-likeness (QED) is 0.803. The number of rotatable bonds is 2. The minimum absolute atomic E-state index is 0.0287. The van der Waals surface area contributed by atoms with E-state index in [1.807, 2.05) is 6.07 Å². The summed E-state index contributed by atoms with van der Waals surface area (Å²) in [6, 6.07) is 2.00. The van der Waals surface area contributed by atoms with E-state index in [0.29, 0.717) is 0 Å². The van der Waals surface area contributed by atoms with E-state index in [1.54, 1.807) is 0 Å². The molecule has 0 unspecified atom stereocenters. The predicted octanol–water partition coefficient (Wildman–Crippen LogP) is 0.859. The third-order valence-corrected chi connectivity index (χ3v) is 1.67. The van der Waals surface area contributed by atoms with Crippen molar-refractivity contribution in [1.82, 2.24) is 15.1 Å². The second kappa shape index (κ2) is 3.92. The van der Waals surface area contributed by atoms with Crippen molar-refractivity contribution >= 4 is 5.91 Å². The van der Waals surface area contributed by atoms with Crippen LogP contribution in [-0.2, 0) is 17.4 Å². The number of halogens is 3. The topological polar surface area (TPSA) is 49.0 Å². The summed E-state index contributed by atoms with van der Waals surface area (Å²) in [7, 11) is 3.03. The van der Waals surface area contributed by atoms with Gasteiger partial charge in [0.2, 0.25) is 5.91 Å². The molecule has 0 bridgehead atoms. The van der Waals surface area contributed by atoms with E-state index in [-0.39, 0.29) is 18.0 Å². The lowest BCUT2D eigenvalue weighted by Crippen LogP contribution is -2.23. The van der Waals surface area contributed by atoms with Gasteiger partial charge in [-0.25, -0.2) is 0 Å². The molecule has 1 rings (SSSR count). The van der Waals surface area contributed by atoms with Gasteiger partial charge in [0, 0.05) is 20.2 Å². The van der Waals surface area contributed by atoms with Crippen molar-refractivity contribution < 1.29 is 18.0 Å². The van der Waals surface area contributed by atoms with Crippen LogP contribution in [0.1, 0.15) is 11.4 Å². The van der Waals surface area contributed by atoms with Crippen molar-refractivity contribution in [1.29, 1.82) is 0 Å². The Labute approximate surface area is 84.1 Å². The molecule has 0 saturated heterocycles. The van der Waals surface area contributed by atoms with Gasteiger partial charge >= 0.3 is 6.18 Å². The van der Waals surface area contributed by atoms with Gasteiger partial charge in [-0.15, -0.1) is 0 Å².